The molecular formula is C14H19NO. The molecule has 1 aliphatic heterocycles. The van der Waals surface area contributed by atoms with E-state index in [1.54, 1.807) is 0 Å². The molecule has 1 aromatic carbocycles. The Balaban J connectivity index is 2.05. The monoisotopic (exact) mass is 217 g/mol. The molecule has 2 nitrogen and oxygen atoms in total. The number of hydrogen-bond acceptors (Lipinski definition) is 2. The molecule has 0 saturated carbocycles. The quantitative estimate of drug-likeness (QED) is 0.745. The summed E-state index contributed by atoms with van der Waals surface area (Å²) >= 11 is 0. The van der Waals surface area contributed by atoms with Crippen molar-refractivity contribution in [2.75, 3.05) is 6.54 Å². The minimum absolute atomic E-state index is 0.194. The smallest absolute Gasteiger partial charge is 0.0635 e. The summed E-state index contributed by atoms with van der Waals surface area (Å²) in [6.45, 7) is 6.73. The molecule has 16 heavy (non-hydrogen) atoms. The molecular weight excluding hydrogens is 198 g/mol. The van der Waals surface area contributed by atoms with Crippen molar-refractivity contribution in [3.05, 3.63) is 48.0 Å². The molecule has 1 saturated heterocycles. The SMILES string of the molecule is C=C(C)[C@H]1CN[C@@H](c2ccccc2)C[C@@H]1O. The summed E-state index contributed by atoms with van der Waals surface area (Å²) in [6.07, 6.45) is 0.491. The highest BCUT2D eigenvalue weighted by Gasteiger charge is 2.29. The van der Waals surface area contributed by atoms with Gasteiger partial charge in [-0.3, -0.25) is 0 Å². The lowest BCUT2D eigenvalue weighted by atomic mass is 9.85. The Morgan fingerprint density at radius 3 is 2.62 bits per heavy atom. The maximum absolute atomic E-state index is 10.1. The van der Waals surface area contributed by atoms with Crippen LogP contribution in [0.2, 0.25) is 0 Å². The first-order valence-electron chi connectivity index (χ1n) is 5.80. The van der Waals surface area contributed by atoms with Gasteiger partial charge in [0.05, 0.1) is 6.10 Å². The fourth-order valence-electron chi connectivity index (χ4n) is 2.34. The highest BCUT2D eigenvalue weighted by atomic mass is 16.3. The van der Waals surface area contributed by atoms with Crippen LogP contribution in [0.15, 0.2) is 42.5 Å². The van der Waals surface area contributed by atoms with Gasteiger partial charge >= 0.3 is 0 Å². The van der Waals surface area contributed by atoms with Crippen LogP contribution < -0.4 is 5.32 Å². The summed E-state index contributed by atoms with van der Waals surface area (Å²) in [6, 6.07) is 10.6. The number of nitrogens with one attached hydrogen (secondary N) is 1. The summed E-state index contributed by atoms with van der Waals surface area (Å²) in [5.74, 6) is 0.194. The number of benzene rings is 1. The van der Waals surface area contributed by atoms with Gasteiger partial charge in [0.15, 0.2) is 0 Å². The first-order valence-corrected chi connectivity index (χ1v) is 5.80. The largest absolute Gasteiger partial charge is 0.392 e. The maximum Gasteiger partial charge on any atom is 0.0635 e. The van der Waals surface area contributed by atoms with Crippen LogP contribution in [0.3, 0.4) is 0 Å². The Hall–Kier alpha value is -1.12. The molecule has 2 rings (SSSR count). The van der Waals surface area contributed by atoms with E-state index < -0.39 is 0 Å². The first-order chi connectivity index (χ1) is 7.68. The number of hydrogen-bond donors (Lipinski definition) is 2. The Kier molecular flexibility index (Phi) is 3.42. The molecule has 2 heteroatoms. The van der Waals surface area contributed by atoms with E-state index in [2.05, 4.69) is 24.0 Å². The van der Waals surface area contributed by atoms with Crippen LogP contribution in [-0.4, -0.2) is 17.8 Å². The molecule has 2 N–H and O–H groups in total. The van der Waals surface area contributed by atoms with Crippen molar-refractivity contribution in [1.29, 1.82) is 0 Å². The second-order valence-corrected chi connectivity index (χ2v) is 4.63. The molecule has 0 aromatic heterocycles. The van der Waals surface area contributed by atoms with Crippen molar-refractivity contribution in [3.8, 4) is 0 Å². The van der Waals surface area contributed by atoms with Gasteiger partial charge in [-0.25, -0.2) is 0 Å². The van der Waals surface area contributed by atoms with E-state index >= 15 is 0 Å². The third kappa shape index (κ3) is 2.34. The van der Waals surface area contributed by atoms with Crippen molar-refractivity contribution in [2.24, 2.45) is 5.92 Å². The number of rotatable bonds is 2. The van der Waals surface area contributed by atoms with Crippen molar-refractivity contribution in [2.45, 2.75) is 25.5 Å². The van der Waals surface area contributed by atoms with E-state index in [1.807, 2.05) is 25.1 Å². The van der Waals surface area contributed by atoms with E-state index in [1.165, 1.54) is 5.56 Å². The summed E-state index contributed by atoms with van der Waals surface area (Å²) in [7, 11) is 0. The number of aliphatic hydroxyl groups is 1. The lowest BCUT2D eigenvalue weighted by Gasteiger charge is -2.34. The van der Waals surface area contributed by atoms with Crippen LogP contribution in [0, 0.1) is 5.92 Å². The zero-order valence-electron chi connectivity index (χ0n) is 9.69. The third-order valence-electron chi connectivity index (χ3n) is 3.36. The third-order valence-corrected chi connectivity index (χ3v) is 3.36. The maximum atomic E-state index is 10.1. The van der Waals surface area contributed by atoms with Gasteiger partial charge in [0.1, 0.15) is 0 Å². The molecule has 0 unspecified atom stereocenters. The van der Waals surface area contributed by atoms with Crippen LogP contribution in [0.5, 0.6) is 0 Å². The van der Waals surface area contributed by atoms with E-state index in [0.717, 1.165) is 18.5 Å². The molecule has 0 bridgehead atoms. The lowest BCUT2D eigenvalue weighted by Crippen LogP contribution is -2.42. The number of piperidine rings is 1. The predicted molar refractivity (Wildman–Crippen MR) is 66.1 cm³/mol. The molecule has 0 aliphatic carbocycles. The fourth-order valence-corrected chi connectivity index (χ4v) is 2.34. The van der Waals surface area contributed by atoms with E-state index in [-0.39, 0.29) is 18.1 Å². The average molecular weight is 217 g/mol. The summed E-state index contributed by atoms with van der Waals surface area (Å²) in [4.78, 5) is 0. The molecule has 1 heterocycles. The zero-order chi connectivity index (χ0) is 11.5. The highest BCUT2D eigenvalue weighted by Crippen LogP contribution is 2.28. The molecule has 3 atom stereocenters. The Morgan fingerprint density at radius 1 is 1.38 bits per heavy atom. The fraction of sp³-hybridized carbons (Fsp3) is 0.429. The summed E-state index contributed by atoms with van der Waals surface area (Å²) in [5, 5.41) is 13.5. The minimum Gasteiger partial charge on any atom is -0.392 e. The Bertz CT molecular complexity index is 360. The van der Waals surface area contributed by atoms with Crippen LogP contribution in [0.4, 0.5) is 0 Å². The van der Waals surface area contributed by atoms with Gasteiger partial charge in [0, 0.05) is 18.5 Å². The lowest BCUT2D eigenvalue weighted by molar-refractivity contribution is 0.0767. The molecule has 0 radical (unpaired) electrons. The molecule has 1 aromatic rings. The van der Waals surface area contributed by atoms with Crippen LogP contribution in [0.1, 0.15) is 24.9 Å². The Labute approximate surface area is 97.0 Å². The second-order valence-electron chi connectivity index (χ2n) is 4.63. The topological polar surface area (TPSA) is 32.3 Å². The van der Waals surface area contributed by atoms with E-state index in [4.69, 9.17) is 0 Å². The van der Waals surface area contributed by atoms with Crippen LogP contribution in [0.25, 0.3) is 0 Å². The highest BCUT2D eigenvalue weighted by molar-refractivity contribution is 5.20. The molecule has 1 aliphatic rings. The van der Waals surface area contributed by atoms with E-state index in [0.29, 0.717) is 0 Å². The normalized spacial score (nSPS) is 30.0. The van der Waals surface area contributed by atoms with Gasteiger partial charge in [-0.05, 0) is 18.9 Å². The second kappa shape index (κ2) is 4.81. The first kappa shape index (κ1) is 11.4. The predicted octanol–water partition coefficient (Wildman–Crippen LogP) is 2.27. The summed E-state index contributed by atoms with van der Waals surface area (Å²) < 4.78 is 0. The van der Waals surface area contributed by atoms with Crippen molar-refractivity contribution < 1.29 is 5.11 Å². The molecule has 0 amide bonds. The zero-order valence-corrected chi connectivity index (χ0v) is 9.69. The van der Waals surface area contributed by atoms with Gasteiger partial charge in [-0.1, -0.05) is 42.5 Å². The van der Waals surface area contributed by atoms with Crippen molar-refractivity contribution >= 4 is 0 Å². The Morgan fingerprint density at radius 2 is 2.06 bits per heavy atom. The van der Waals surface area contributed by atoms with Gasteiger partial charge in [0.2, 0.25) is 0 Å². The van der Waals surface area contributed by atoms with Crippen molar-refractivity contribution in [1.82, 2.24) is 5.32 Å². The minimum atomic E-state index is -0.274. The molecule has 1 fully saturated rings. The average Bonchev–Trinajstić information content (AvgIpc) is 2.29. The summed E-state index contributed by atoms with van der Waals surface area (Å²) in [5.41, 5.74) is 2.31. The van der Waals surface area contributed by atoms with Gasteiger partial charge in [-0.15, -0.1) is 0 Å². The van der Waals surface area contributed by atoms with Crippen LogP contribution >= 0.6 is 0 Å². The van der Waals surface area contributed by atoms with E-state index in [9.17, 15) is 5.11 Å². The van der Waals surface area contributed by atoms with Crippen molar-refractivity contribution in [3.63, 3.8) is 0 Å². The molecule has 0 spiro atoms. The van der Waals surface area contributed by atoms with Crippen LogP contribution in [-0.2, 0) is 0 Å². The number of aliphatic hydroxyl groups excluding tert-OH is 1. The van der Waals surface area contributed by atoms with Gasteiger partial charge in [0.25, 0.3) is 0 Å². The van der Waals surface area contributed by atoms with Gasteiger partial charge in [-0.2, -0.15) is 0 Å². The standard InChI is InChI=1S/C14H19NO/c1-10(2)12-9-15-13(8-14(12)16)11-6-4-3-5-7-11/h3-7,12-16H,1,8-9H2,2H3/t12-,13-,14+/m1/s1. The molecule has 86 valence electrons. The van der Waals surface area contributed by atoms with Gasteiger partial charge < -0.3 is 10.4 Å².